The number of aromatic nitrogens is 3. The summed E-state index contributed by atoms with van der Waals surface area (Å²) in [5, 5.41) is 12.4. The van der Waals surface area contributed by atoms with Crippen LogP contribution in [0.1, 0.15) is 0 Å². The van der Waals surface area contributed by atoms with Crippen LogP contribution in [0.3, 0.4) is 0 Å². The summed E-state index contributed by atoms with van der Waals surface area (Å²) in [7, 11) is 0. The van der Waals surface area contributed by atoms with Crippen molar-refractivity contribution in [3.63, 3.8) is 0 Å². The third-order valence-corrected chi connectivity index (χ3v) is 16.2. The molecule has 0 saturated heterocycles. The third-order valence-electron chi connectivity index (χ3n) is 16.2. The van der Waals surface area contributed by atoms with Gasteiger partial charge in [0, 0.05) is 49.1 Å². The van der Waals surface area contributed by atoms with Gasteiger partial charge in [-0.1, -0.05) is 212 Å². The fraction of sp³-hybridized carbons (Fsp3) is 0. The molecule has 0 amide bonds. The van der Waals surface area contributed by atoms with Crippen LogP contribution in [0.5, 0.6) is 0 Å². The van der Waals surface area contributed by atoms with Crippen LogP contribution in [-0.4, -0.2) is 13.7 Å². The predicted molar refractivity (Wildman–Crippen MR) is 326 cm³/mol. The first-order chi connectivity index (χ1) is 38.2. The molecular formula is C74H47N3. The molecule has 3 nitrogen and oxygen atoms in total. The van der Waals surface area contributed by atoms with E-state index in [0.717, 1.165) is 39.2 Å². The summed E-state index contributed by atoms with van der Waals surface area (Å²) < 4.78 is 7.36. The van der Waals surface area contributed by atoms with Crippen molar-refractivity contribution in [1.82, 2.24) is 13.7 Å². The topological polar surface area (TPSA) is 14.8 Å². The Morgan fingerprint density at radius 1 is 0.182 bits per heavy atom. The molecule has 16 rings (SSSR count). The molecule has 3 heterocycles. The summed E-state index contributed by atoms with van der Waals surface area (Å²) >= 11 is 0. The highest BCUT2D eigenvalue weighted by atomic mass is 15.0. The minimum Gasteiger partial charge on any atom is -0.309 e. The van der Waals surface area contributed by atoms with E-state index in [1.807, 2.05) is 0 Å². The molecule has 0 fully saturated rings. The van der Waals surface area contributed by atoms with E-state index in [9.17, 15) is 0 Å². The van der Waals surface area contributed by atoms with Gasteiger partial charge in [-0.05, 0) is 128 Å². The number of hydrogen-bond acceptors (Lipinski definition) is 0. The molecule has 0 radical (unpaired) electrons. The van der Waals surface area contributed by atoms with Crippen LogP contribution in [0.15, 0.2) is 285 Å². The van der Waals surface area contributed by atoms with Crippen molar-refractivity contribution in [1.29, 1.82) is 0 Å². The number of hydrogen-bond donors (Lipinski definition) is 0. The Morgan fingerprint density at radius 3 is 0.883 bits per heavy atom. The van der Waals surface area contributed by atoms with Gasteiger partial charge in [-0.3, -0.25) is 0 Å². The Morgan fingerprint density at radius 2 is 0.481 bits per heavy atom. The van der Waals surface area contributed by atoms with Gasteiger partial charge >= 0.3 is 0 Å². The summed E-state index contributed by atoms with van der Waals surface area (Å²) in [5.74, 6) is 0. The van der Waals surface area contributed by atoms with Gasteiger partial charge in [-0.2, -0.15) is 0 Å². The molecule has 77 heavy (non-hydrogen) atoms. The van der Waals surface area contributed by atoms with E-state index in [4.69, 9.17) is 0 Å². The third kappa shape index (κ3) is 6.57. The molecule has 0 unspecified atom stereocenters. The maximum Gasteiger partial charge on any atom is 0.0541 e. The van der Waals surface area contributed by atoms with Crippen LogP contribution < -0.4 is 0 Å². The van der Waals surface area contributed by atoms with Crippen molar-refractivity contribution >= 4 is 87.0 Å². The number of fused-ring (bicyclic) bond motifs is 11. The second-order valence-electron chi connectivity index (χ2n) is 20.3. The van der Waals surface area contributed by atoms with Gasteiger partial charge in [-0.15, -0.1) is 0 Å². The van der Waals surface area contributed by atoms with Crippen LogP contribution in [0.4, 0.5) is 0 Å². The monoisotopic (exact) mass is 977 g/mol. The second kappa shape index (κ2) is 17.2. The van der Waals surface area contributed by atoms with Crippen LogP contribution in [0.2, 0.25) is 0 Å². The van der Waals surface area contributed by atoms with Gasteiger partial charge in [0.1, 0.15) is 0 Å². The fourth-order valence-electron chi connectivity index (χ4n) is 13.0. The van der Waals surface area contributed by atoms with Crippen molar-refractivity contribution in [2.75, 3.05) is 0 Å². The molecule has 0 saturated carbocycles. The normalized spacial score (nSPS) is 11.9. The van der Waals surface area contributed by atoms with E-state index in [1.165, 1.54) is 109 Å². The Labute approximate surface area is 445 Å². The van der Waals surface area contributed by atoms with E-state index in [2.05, 4.69) is 299 Å². The Kier molecular flexibility index (Phi) is 9.64. The highest BCUT2D eigenvalue weighted by Gasteiger charge is 2.22. The molecule has 358 valence electrons. The smallest absolute Gasteiger partial charge is 0.0541 e. The lowest BCUT2D eigenvalue weighted by molar-refractivity contribution is 1.18. The second-order valence-corrected chi connectivity index (χ2v) is 20.3. The first-order valence-corrected chi connectivity index (χ1v) is 26.6. The standard InChI is InChI=1S/C74H47N3/c1-2-20-48(21-3-1)73-59-28-4-6-30-61(59)74(62-31-7-5-29-60(62)73)49-38-42-52(43-39-49)75-71-44-40-50(53-22-8-14-32-65(53)76-67-34-16-10-24-55(67)56-25-11-17-35-68(56)76)46-63(71)64-47-51(41-45-72(64)75)54-23-9-15-33-66(54)77-69-36-18-12-26-57(69)58-27-13-19-37-70(58)77/h1-47H. The highest BCUT2D eigenvalue weighted by molar-refractivity contribution is 6.22. The predicted octanol–water partition coefficient (Wildman–Crippen LogP) is 20.0. The van der Waals surface area contributed by atoms with E-state index in [0.29, 0.717) is 0 Å². The minimum atomic E-state index is 1.11. The maximum absolute atomic E-state index is 2.47. The van der Waals surface area contributed by atoms with Crippen molar-refractivity contribution < 1.29 is 0 Å². The molecule has 13 aromatic carbocycles. The van der Waals surface area contributed by atoms with Crippen molar-refractivity contribution in [3.05, 3.63) is 285 Å². The number of rotatable bonds is 7. The Bertz CT molecular complexity index is 4650. The lowest BCUT2D eigenvalue weighted by Crippen LogP contribution is -1.97. The van der Waals surface area contributed by atoms with Crippen molar-refractivity contribution in [2.45, 2.75) is 0 Å². The van der Waals surface area contributed by atoms with Gasteiger partial charge in [0.15, 0.2) is 0 Å². The van der Waals surface area contributed by atoms with E-state index in [-0.39, 0.29) is 0 Å². The lowest BCUT2D eigenvalue weighted by Gasteiger charge is -2.18. The summed E-state index contributed by atoms with van der Waals surface area (Å²) in [6, 6.07) is 105. The number of nitrogens with zero attached hydrogens (tertiary/aromatic N) is 3. The molecule has 16 aromatic rings. The van der Waals surface area contributed by atoms with Crippen LogP contribution >= 0.6 is 0 Å². The molecule has 0 aliphatic heterocycles. The molecule has 0 N–H and O–H groups in total. The molecule has 3 heteroatoms. The quantitative estimate of drug-likeness (QED) is 0.141. The lowest BCUT2D eigenvalue weighted by atomic mass is 9.86. The maximum atomic E-state index is 2.47. The van der Waals surface area contributed by atoms with Crippen molar-refractivity contribution in [3.8, 4) is 61.6 Å². The summed E-state index contributed by atoms with van der Waals surface area (Å²) in [6.45, 7) is 0. The fourth-order valence-corrected chi connectivity index (χ4v) is 13.0. The molecule has 0 atom stereocenters. The molecule has 0 spiro atoms. The largest absolute Gasteiger partial charge is 0.309 e. The van der Waals surface area contributed by atoms with E-state index < -0.39 is 0 Å². The average molecular weight is 978 g/mol. The van der Waals surface area contributed by atoms with Gasteiger partial charge in [0.05, 0.1) is 44.5 Å². The highest BCUT2D eigenvalue weighted by Crippen LogP contribution is 2.46. The first kappa shape index (κ1) is 43.2. The average Bonchev–Trinajstić information content (AvgIpc) is 4.24. The van der Waals surface area contributed by atoms with Gasteiger partial charge in [-0.25, -0.2) is 0 Å². The Hall–Kier alpha value is -10.2. The van der Waals surface area contributed by atoms with Gasteiger partial charge < -0.3 is 13.7 Å². The molecule has 0 bridgehead atoms. The molecule has 3 aromatic heterocycles. The van der Waals surface area contributed by atoms with E-state index >= 15 is 0 Å². The Balaban J connectivity index is 0.911. The number of benzene rings is 13. The van der Waals surface area contributed by atoms with Crippen LogP contribution in [0.25, 0.3) is 149 Å². The molecule has 0 aliphatic rings. The molecule has 0 aliphatic carbocycles. The zero-order valence-electron chi connectivity index (χ0n) is 42.0. The number of para-hydroxylation sites is 6. The minimum absolute atomic E-state index is 1.11. The van der Waals surface area contributed by atoms with Crippen LogP contribution in [0, 0.1) is 0 Å². The van der Waals surface area contributed by atoms with Gasteiger partial charge in [0.25, 0.3) is 0 Å². The van der Waals surface area contributed by atoms with Crippen molar-refractivity contribution in [2.24, 2.45) is 0 Å². The summed E-state index contributed by atoms with van der Waals surface area (Å²) in [4.78, 5) is 0. The van der Waals surface area contributed by atoms with Crippen LogP contribution in [-0.2, 0) is 0 Å². The van der Waals surface area contributed by atoms with E-state index in [1.54, 1.807) is 0 Å². The zero-order chi connectivity index (χ0) is 50.6. The molecular weight excluding hydrogens is 931 g/mol. The summed E-state index contributed by atoms with van der Waals surface area (Å²) in [6.07, 6.45) is 0. The van der Waals surface area contributed by atoms with Gasteiger partial charge in [0.2, 0.25) is 0 Å². The summed E-state index contributed by atoms with van der Waals surface area (Å²) in [5.41, 5.74) is 20.1. The first-order valence-electron chi connectivity index (χ1n) is 26.6. The SMILES string of the molecule is c1ccc(-c2c3ccccc3c(-c3ccc(-n4c5ccc(-c6ccccc6-n6c7ccccc7c7ccccc76)cc5c5cc(-c6ccccc6-n6c7ccccc7c7ccccc76)ccc54)cc3)c3ccccc23)cc1. The zero-order valence-corrected chi connectivity index (χ0v) is 42.0.